The van der Waals surface area contributed by atoms with Crippen molar-refractivity contribution in [1.82, 2.24) is 4.90 Å². The van der Waals surface area contributed by atoms with Crippen LogP contribution in [0, 0.1) is 10.8 Å². The molecule has 0 saturated carbocycles. The normalized spacial score (nSPS) is 11.4. The van der Waals surface area contributed by atoms with Crippen LogP contribution in [0.3, 0.4) is 0 Å². The minimum Gasteiger partial charge on any atom is -0.362 e. The van der Waals surface area contributed by atoms with Crippen molar-refractivity contribution in [2.75, 3.05) is 25.6 Å². The van der Waals surface area contributed by atoms with E-state index < -0.39 is 0 Å². The quantitative estimate of drug-likeness (QED) is 0.543. The average molecular weight is 188 g/mol. The van der Waals surface area contributed by atoms with E-state index in [1.807, 2.05) is 23.7 Å². The van der Waals surface area contributed by atoms with E-state index in [4.69, 9.17) is 5.41 Å². The predicted octanol–water partition coefficient (Wildman–Crippen LogP) is 2.30. The van der Waals surface area contributed by atoms with E-state index in [9.17, 15) is 0 Å². The molecular formula is C9H20N2S. The highest BCUT2D eigenvalue weighted by molar-refractivity contribution is 7.98. The first kappa shape index (κ1) is 11.8. The lowest BCUT2D eigenvalue weighted by Gasteiger charge is -2.29. The molecule has 3 heteroatoms. The van der Waals surface area contributed by atoms with Crippen LogP contribution in [0.5, 0.6) is 0 Å². The minimum absolute atomic E-state index is 0.0207. The summed E-state index contributed by atoms with van der Waals surface area (Å²) in [6, 6.07) is 0. The Kier molecular flexibility index (Phi) is 4.68. The smallest absolute Gasteiger partial charge is 0.101 e. The highest BCUT2D eigenvalue weighted by Crippen LogP contribution is 2.16. The maximum atomic E-state index is 7.84. The Morgan fingerprint density at radius 1 is 1.42 bits per heavy atom. The van der Waals surface area contributed by atoms with Gasteiger partial charge in [0.15, 0.2) is 0 Å². The van der Waals surface area contributed by atoms with E-state index in [1.165, 1.54) is 0 Å². The molecule has 0 unspecified atom stereocenters. The molecule has 12 heavy (non-hydrogen) atoms. The van der Waals surface area contributed by atoms with Gasteiger partial charge in [-0.2, -0.15) is 11.8 Å². The van der Waals surface area contributed by atoms with Gasteiger partial charge in [0, 0.05) is 24.8 Å². The van der Waals surface area contributed by atoms with Crippen LogP contribution < -0.4 is 0 Å². The van der Waals surface area contributed by atoms with Gasteiger partial charge in [-0.05, 0) is 6.26 Å². The van der Waals surface area contributed by atoms with Crippen LogP contribution in [-0.2, 0) is 0 Å². The van der Waals surface area contributed by atoms with Crippen molar-refractivity contribution in [2.24, 2.45) is 5.41 Å². The highest BCUT2D eigenvalue weighted by atomic mass is 32.2. The molecule has 0 bridgehead atoms. The summed E-state index contributed by atoms with van der Waals surface area (Å²) in [4.78, 5) is 2.02. The average Bonchev–Trinajstić information content (AvgIpc) is 1.97. The number of hydrogen-bond donors (Lipinski definition) is 1. The lowest BCUT2D eigenvalue weighted by molar-refractivity contribution is 0.440. The zero-order valence-corrected chi connectivity index (χ0v) is 9.59. The molecule has 0 radical (unpaired) electrons. The van der Waals surface area contributed by atoms with E-state index in [0.29, 0.717) is 0 Å². The first-order chi connectivity index (χ1) is 5.39. The second kappa shape index (κ2) is 4.75. The molecule has 0 saturated heterocycles. The van der Waals surface area contributed by atoms with Gasteiger partial charge in [-0.25, -0.2) is 0 Å². The zero-order chi connectivity index (χ0) is 9.78. The maximum absolute atomic E-state index is 7.84. The van der Waals surface area contributed by atoms with Crippen molar-refractivity contribution < 1.29 is 0 Å². The van der Waals surface area contributed by atoms with Gasteiger partial charge in [-0.3, -0.25) is 5.41 Å². The summed E-state index contributed by atoms with van der Waals surface area (Å²) in [6.07, 6.45) is 2.09. The van der Waals surface area contributed by atoms with Gasteiger partial charge in [-0.1, -0.05) is 20.8 Å². The summed E-state index contributed by atoms with van der Waals surface area (Å²) in [5.74, 6) is 1.81. The molecule has 0 aliphatic heterocycles. The number of thioether (sulfide) groups is 1. The highest BCUT2D eigenvalue weighted by Gasteiger charge is 2.20. The molecule has 0 aromatic rings. The van der Waals surface area contributed by atoms with Gasteiger partial charge in [-0.15, -0.1) is 0 Å². The van der Waals surface area contributed by atoms with Gasteiger partial charge in [0.2, 0.25) is 0 Å². The van der Waals surface area contributed by atoms with E-state index >= 15 is 0 Å². The molecule has 0 heterocycles. The van der Waals surface area contributed by atoms with Crippen LogP contribution in [0.25, 0.3) is 0 Å². The van der Waals surface area contributed by atoms with E-state index in [2.05, 4.69) is 27.0 Å². The molecule has 0 aliphatic carbocycles. The van der Waals surface area contributed by atoms with Crippen LogP contribution in [0.1, 0.15) is 20.8 Å². The summed E-state index contributed by atoms with van der Waals surface area (Å²) >= 11 is 1.82. The molecule has 0 aliphatic rings. The van der Waals surface area contributed by atoms with Crippen molar-refractivity contribution in [3.8, 4) is 0 Å². The van der Waals surface area contributed by atoms with E-state index in [0.717, 1.165) is 18.1 Å². The standard InChI is InChI=1S/C9H20N2S/c1-9(2,3)8(10)11(4)6-7-12-5/h10H,6-7H2,1-5H3. The molecular weight excluding hydrogens is 168 g/mol. The summed E-state index contributed by atoms with van der Waals surface area (Å²) in [5.41, 5.74) is -0.0207. The monoisotopic (exact) mass is 188 g/mol. The summed E-state index contributed by atoms with van der Waals surface area (Å²) in [7, 11) is 1.99. The lowest BCUT2D eigenvalue weighted by atomic mass is 9.94. The van der Waals surface area contributed by atoms with Crippen LogP contribution in [0.2, 0.25) is 0 Å². The molecule has 0 atom stereocenters. The molecule has 1 N–H and O–H groups in total. The number of amidine groups is 1. The first-order valence-corrected chi connectivity index (χ1v) is 5.58. The van der Waals surface area contributed by atoms with Gasteiger partial charge < -0.3 is 4.90 Å². The largest absolute Gasteiger partial charge is 0.362 e. The predicted molar refractivity (Wildman–Crippen MR) is 58.2 cm³/mol. The Labute approximate surface area is 80.2 Å². The fraction of sp³-hybridized carbons (Fsp3) is 0.889. The van der Waals surface area contributed by atoms with Crippen molar-refractivity contribution in [1.29, 1.82) is 5.41 Å². The zero-order valence-electron chi connectivity index (χ0n) is 8.77. The Bertz CT molecular complexity index is 149. The van der Waals surface area contributed by atoms with Crippen molar-refractivity contribution >= 4 is 17.6 Å². The number of nitrogens with one attached hydrogen (secondary N) is 1. The van der Waals surface area contributed by atoms with Crippen LogP contribution in [0.4, 0.5) is 0 Å². The molecule has 0 aromatic carbocycles. The topological polar surface area (TPSA) is 27.1 Å². The van der Waals surface area contributed by atoms with Crippen molar-refractivity contribution in [3.05, 3.63) is 0 Å². The molecule has 0 amide bonds. The van der Waals surface area contributed by atoms with Crippen LogP contribution in [-0.4, -0.2) is 36.3 Å². The number of rotatable bonds is 3. The fourth-order valence-corrected chi connectivity index (χ4v) is 1.37. The Morgan fingerprint density at radius 2 is 1.92 bits per heavy atom. The maximum Gasteiger partial charge on any atom is 0.101 e. The summed E-state index contributed by atoms with van der Waals surface area (Å²) < 4.78 is 0. The minimum atomic E-state index is -0.0207. The molecule has 0 spiro atoms. The molecule has 72 valence electrons. The van der Waals surface area contributed by atoms with E-state index in [1.54, 1.807) is 0 Å². The third-order valence-corrected chi connectivity index (χ3v) is 2.31. The van der Waals surface area contributed by atoms with Gasteiger partial charge in [0.05, 0.1) is 0 Å². The second-order valence-corrected chi connectivity index (χ2v) is 5.00. The summed E-state index contributed by atoms with van der Waals surface area (Å²) in [6.45, 7) is 7.19. The van der Waals surface area contributed by atoms with Crippen LogP contribution in [0.15, 0.2) is 0 Å². The van der Waals surface area contributed by atoms with Gasteiger partial charge in [0.1, 0.15) is 5.84 Å². The fourth-order valence-electron chi connectivity index (χ4n) is 0.913. The SMILES string of the molecule is CSCCN(C)C(=N)C(C)(C)C. The third-order valence-electron chi connectivity index (χ3n) is 1.72. The molecule has 0 aromatic heterocycles. The van der Waals surface area contributed by atoms with Gasteiger partial charge in [0.25, 0.3) is 0 Å². The Balaban J connectivity index is 3.94. The number of nitrogens with zero attached hydrogens (tertiary/aromatic N) is 1. The summed E-state index contributed by atoms with van der Waals surface area (Å²) in [5, 5.41) is 7.84. The molecule has 0 fully saturated rings. The van der Waals surface area contributed by atoms with E-state index in [-0.39, 0.29) is 5.41 Å². The first-order valence-electron chi connectivity index (χ1n) is 4.18. The van der Waals surface area contributed by atoms with Crippen LogP contribution >= 0.6 is 11.8 Å². The number of hydrogen-bond acceptors (Lipinski definition) is 2. The molecule has 2 nitrogen and oxygen atoms in total. The second-order valence-electron chi connectivity index (χ2n) is 4.01. The third kappa shape index (κ3) is 4.00. The Morgan fingerprint density at radius 3 is 2.25 bits per heavy atom. The van der Waals surface area contributed by atoms with Crippen molar-refractivity contribution in [2.45, 2.75) is 20.8 Å². The molecule has 0 rings (SSSR count). The Hall–Kier alpha value is -0.180. The van der Waals surface area contributed by atoms with Gasteiger partial charge >= 0.3 is 0 Å². The lowest BCUT2D eigenvalue weighted by Crippen LogP contribution is -2.37. The van der Waals surface area contributed by atoms with Crippen molar-refractivity contribution in [3.63, 3.8) is 0 Å².